The number of hydrogen-bond acceptors (Lipinski definition) is 4. The molecule has 0 aliphatic heterocycles. The number of nitrogens with zero attached hydrogens (tertiary/aromatic N) is 4. The molecular formula is C49H43N4OPt-. The van der Waals surface area contributed by atoms with Gasteiger partial charge in [0.15, 0.2) is 0 Å². The SMILES string of the molecule is CC(C)(C)c1cc(-c2nc3c(-c4[c-]c(-c5cccnn5)cc(-c5ccccc5)c4)cccc3n2-c2ccccc2-c2ccccc2)c(O)c(C(C)(C)C)c1.[Pt]. The van der Waals surface area contributed by atoms with Gasteiger partial charge in [-0.2, -0.15) is 10.2 Å². The number of fused-ring (bicyclic) bond motifs is 1. The molecule has 1 N–H and O–H groups in total. The molecule has 0 saturated carbocycles. The van der Waals surface area contributed by atoms with Crippen LogP contribution in [0.5, 0.6) is 5.75 Å². The van der Waals surface area contributed by atoms with E-state index >= 15 is 0 Å². The average molecular weight is 899 g/mol. The Labute approximate surface area is 338 Å². The molecule has 0 unspecified atom stereocenters. The molecule has 0 radical (unpaired) electrons. The maximum Gasteiger partial charge on any atom is 0.148 e. The van der Waals surface area contributed by atoms with Crippen LogP contribution in [-0.2, 0) is 31.9 Å². The second-order valence-corrected chi connectivity index (χ2v) is 15.9. The molecule has 0 amide bonds. The molecule has 2 heterocycles. The Balaban J connectivity index is 0.00000465. The van der Waals surface area contributed by atoms with E-state index in [1.54, 1.807) is 6.20 Å². The standard InChI is InChI=1S/C49H43N4O.Pt/c1-48(2,3)37-30-40(46(54)41(31-37)49(4,5)6)47-51-45-39(22-15-25-44(45)53(47)43-24-14-13-21-38(43)33-19-11-8-12-20-33)35-27-34(32-17-9-7-10-18-32)28-36(29-35)42-23-16-26-50-52-42;/h7-28,30-31,54H,1-6H3;/q-1;. The maximum atomic E-state index is 12.3. The third-order valence-corrected chi connectivity index (χ3v) is 10.1. The molecule has 6 heteroatoms. The first-order valence-electron chi connectivity index (χ1n) is 18.4. The molecule has 0 saturated heterocycles. The second kappa shape index (κ2) is 14.9. The van der Waals surface area contributed by atoms with Gasteiger partial charge in [0.1, 0.15) is 11.6 Å². The van der Waals surface area contributed by atoms with Crippen molar-refractivity contribution in [1.82, 2.24) is 19.7 Å². The first-order valence-corrected chi connectivity index (χ1v) is 18.4. The van der Waals surface area contributed by atoms with Crippen molar-refractivity contribution < 1.29 is 26.2 Å². The Bertz CT molecular complexity index is 2560. The summed E-state index contributed by atoms with van der Waals surface area (Å²) < 4.78 is 2.22. The molecule has 8 rings (SSSR count). The first kappa shape index (κ1) is 37.7. The third-order valence-electron chi connectivity index (χ3n) is 10.1. The molecule has 5 nitrogen and oxygen atoms in total. The van der Waals surface area contributed by atoms with Crippen LogP contribution in [0.4, 0.5) is 0 Å². The van der Waals surface area contributed by atoms with Crippen molar-refractivity contribution in [1.29, 1.82) is 0 Å². The van der Waals surface area contributed by atoms with Gasteiger partial charge in [-0.15, -0.1) is 23.8 Å². The van der Waals surface area contributed by atoms with Crippen LogP contribution in [0.3, 0.4) is 0 Å². The van der Waals surface area contributed by atoms with E-state index in [0.717, 1.165) is 72.5 Å². The second-order valence-electron chi connectivity index (χ2n) is 15.9. The van der Waals surface area contributed by atoms with Crippen LogP contribution in [0.2, 0.25) is 0 Å². The van der Waals surface area contributed by atoms with Gasteiger partial charge in [-0.3, -0.25) is 4.57 Å². The van der Waals surface area contributed by atoms with Gasteiger partial charge in [-0.05, 0) is 51.8 Å². The first-order chi connectivity index (χ1) is 26.0. The number of rotatable bonds is 6. The summed E-state index contributed by atoms with van der Waals surface area (Å²) in [7, 11) is 0. The molecule has 0 aliphatic carbocycles. The fourth-order valence-electron chi connectivity index (χ4n) is 7.18. The Morgan fingerprint density at radius 3 is 1.91 bits per heavy atom. The molecule has 8 aromatic rings. The number of phenolic OH excluding ortho intramolecular Hbond substituents is 1. The normalized spacial score (nSPS) is 11.7. The van der Waals surface area contributed by atoms with E-state index < -0.39 is 0 Å². The maximum absolute atomic E-state index is 12.3. The van der Waals surface area contributed by atoms with Gasteiger partial charge >= 0.3 is 0 Å². The Kier molecular flexibility index (Phi) is 10.2. The summed E-state index contributed by atoms with van der Waals surface area (Å²) in [6.07, 6.45) is 1.68. The Morgan fingerprint density at radius 1 is 0.582 bits per heavy atom. The number of hydrogen-bond donors (Lipinski definition) is 1. The van der Waals surface area contributed by atoms with Crippen molar-refractivity contribution in [2.75, 3.05) is 0 Å². The molecule has 55 heavy (non-hydrogen) atoms. The smallest absolute Gasteiger partial charge is 0.148 e. The van der Waals surface area contributed by atoms with Gasteiger partial charge < -0.3 is 5.11 Å². The quantitative estimate of drug-likeness (QED) is 0.169. The zero-order valence-corrected chi connectivity index (χ0v) is 34.2. The fraction of sp³-hybridized carbons (Fsp3) is 0.163. The minimum absolute atomic E-state index is 0. The fourth-order valence-corrected chi connectivity index (χ4v) is 7.18. The number of para-hydroxylation sites is 2. The summed E-state index contributed by atoms with van der Waals surface area (Å²) >= 11 is 0. The van der Waals surface area contributed by atoms with Crippen LogP contribution in [-0.4, -0.2) is 24.9 Å². The van der Waals surface area contributed by atoms with Crippen LogP contribution in [0.1, 0.15) is 52.7 Å². The van der Waals surface area contributed by atoms with Crippen molar-refractivity contribution in [3.8, 4) is 67.5 Å². The Hall–Kier alpha value is -5.64. The number of benzene rings is 6. The van der Waals surface area contributed by atoms with Crippen molar-refractivity contribution >= 4 is 11.0 Å². The Morgan fingerprint density at radius 2 is 1.24 bits per heavy atom. The molecule has 276 valence electrons. The average Bonchev–Trinajstić information content (AvgIpc) is 3.57. The molecule has 6 aromatic carbocycles. The van der Waals surface area contributed by atoms with Gasteiger partial charge in [0.05, 0.1) is 22.3 Å². The minimum atomic E-state index is -0.312. The molecule has 0 atom stereocenters. The predicted molar refractivity (Wildman–Crippen MR) is 222 cm³/mol. The van der Waals surface area contributed by atoms with Gasteiger partial charge in [0, 0.05) is 44.1 Å². The van der Waals surface area contributed by atoms with Gasteiger partial charge in [0.2, 0.25) is 0 Å². The van der Waals surface area contributed by atoms with Gasteiger partial charge in [0.25, 0.3) is 0 Å². The van der Waals surface area contributed by atoms with Crippen LogP contribution < -0.4 is 0 Å². The molecular weight excluding hydrogens is 856 g/mol. The number of aromatic nitrogens is 4. The summed E-state index contributed by atoms with van der Waals surface area (Å²) in [5, 5.41) is 20.9. The van der Waals surface area contributed by atoms with E-state index in [4.69, 9.17) is 4.98 Å². The molecule has 0 spiro atoms. The van der Waals surface area contributed by atoms with E-state index in [0.29, 0.717) is 11.4 Å². The van der Waals surface area contributed by atoms with Gasteiger partial charge in [-0.25, -0.2) is 4.98 Å². The van der Waals surface area contributed by atoms with Crippen LogP contribution >= 0.6 is 0 Å². The van der Waals surface area contributed by atoms with Crippen molar-refractivity contribution in [2.24, 2.45) is 0 Å². The van der Waals surface area contributed by atoms with E-state index in [2.05, 4.69) is 178 Å². The molecule has 2 aromatic heterocycles. The zero-order chi connectivity index (χ0) is 37.6. The van der Waals surface area contributed by atoms with E-state index in [-0.39, 0.29) is 37.6 Å². The molecule has 0 aliphatic rings. The van der Waals surface area contributed by atoms with Gasteiger partial charge in [-0.1, -0.05) is 161 Å². The molecule has 0 fully saturated rings. The monoisotopic (exact) mass is 898 g/mol. The number of phenols is 1. The largest absolute Gasteiger partial charge is 0.507 e. The van der Waals surface area contributed by atoms with Crippen LogP contribution in [0.25, 0.3) is 72.7 Å². The van der Waals surface area contributed by atoms with Crippen molar-refractivity contribution in [3.63, 3.8) is 0 Å². The van der Waals surface area contributed by atoms with E-state index in [9.17, 15) is 5.11 Å². The number of imidazole rings is 1. The van der Waals surface area contributed by atoms with Crippen molar-refractivity contribution in [3.05, 3.63) is 163 Å². The minimum Gasteiger partial charge on any atom is -0.507 e. The molecule has 0 bridgehead atoms. The zero-order valence-electron chi connectivity index (χ0n) is 31.9. The summed E-state index contributed by atoms with van der Waals surface area (Å²) in [5.41, 5.74) is 12.6. The summed E-state index contributed by atoms with van der Waals surface area (Å²) in [5.74, 6) is 0.914. The summed E-state index contributed by atoms with van der Waals surface area (Å²) in [4.78, 5) is 5.54. The van der Waals surface area contributed by atoms with Crippen LogP contribution in [0, 0.1) is 6.07 Å². The predicted octanol–water partition coefficient (Wildman–Crippen LogP) is 12.2. The summed E-state index contributed by atoms with van der Waals surface area (Å²) in [6.45, 7) is 13.1. The topological polar surface area (TPSA) is 63.8 Å². The summed E-state index contributed by atoms with van der Waals surface area (Å²) in [6, 6.07) is 51.7. The third kappa shape index (κ3) is 7.29. The number of aromatic hydroxyl groups is 1. The van der Waals surface area contributed by atoms with E-state index in [1.165, 1.54) is 0 Å². The van der Waals surface area contributed by atoms with Crippen LogP contribution in [0.15, 0.2) is 146 Å². The van der Waals surface area contributed by atoms with E-state index in [1.807, 2.05) is 24.3 Å². The van der Waals surface area contributed by atoms with Crippen molar-refractivity contribution in [2.45, 2.75) is 52.4 Å².